The van der Waals surface area contributed by atoms with E-state index in [1.54, 1.807) is 0 Å². The Kier molecular flexibility index (Phi) is 2.27. The predicted octanol–water partition coefficient (Wildman–Crippen LogP) is 1.81. The molecule has 0 saturated carbocycles. The van der Waals surface area contributed by atoms with Crippen molar-refractivity contribution in [3.8, 4) is 0 Å². The molecular weight excluding hydrogens is 183 g/mol. The SMILES string of the molecule is Cc1c(F)c(F)c(N)c(C=O)c1F. The first-order valence-electron chi connectivity index (χ1n) is 3.38. The molecule has 1 rings (SSSR count). The largest absolute Gasteiger partial charge is 0.396 e. The second kappa shape index (κ2) is 3.08. The Hall–Kier alpha value is -1.52. The highest BCUT2D eigenvalue weighted by molar-refractivity contribution is 5.84. The lowest BCUT2D eigenvalue weighted by Crippen LogP contribution is -2.06. The Balaban J connectivity index is 3.66. The molecule has 0 aliphatic carbocycles. The summed E-state index contributed by atoms with van der Waals surface area (Å²) < 4.78 is 38.5. The minimum atomic E-state index is -1.39. The van der Waals surface area contributed by atoms with Crippen molar-refractivity contribution in [3.05, 3.63) is 28.6 Å². The molecule has 0 heterocycles. The minimum Gasteiger partial charge on any atom is -0.396 e. The van der Waals surface area contributed by atoms with Crippen molar-refractivity contribution in [2.24, 2.45) is 0 Å². The molecule has 2 N–H and O–H groups in total. The van der Waals surface area contributed by atoms with E-state index in [4.69, 9.17) is 5.73 Å². The molecule has 0 atom stereocenters. The van der Waals surface area contributed by atoms with E-state index in [-0.39, 0.29) is 6.29 Å². The number of rotatable bonds is 1. The molecule has 5 heteroatoms. The molecule has 0 spiro atoms. The van der Waals surface area contributed by atoms with Gasteiger partial charge in [-0.3, -0.25) is 4.79 Å². The second-order valence-electron chi connectivity index (χ2n) is 2.51. The van der Waals surface area contributed by atoms with Crippen LogP contribution in [0.4, 0.5) is 18.9 Å². The number of nitrogen functional groups attached to an aromatic ring is 1. The number of aldehydes is 1. The normalized spacial score (nSPS) is 10.2. The van der Waals surface area contributed by atoms with Crippen molar-refractivity contribution >= 4 is 12.0 Å². The van der Waals surface area contributed by atoms with Crippen LogP contribution in [-0.2, 0) is 0 Å². The first-order chi connectivity index (χ1) is 6.00. The van der Waals surface area contributed by atoms with Gasteiger partial charge < -0.3 is 5.73 Å². The van der Waals surface area contributed by atoms with Gasteiger partial charge in [0.25, 0.3) is 0 Å². The number of benzene rings is 1. The molecule has 0 fully saturated rings. The molecular formula is C8H6F3NO. The van der Waals surface area contributed by atoms with Crippen LogP contribution in [0.3, 0.4) is 0 Å². The highest BCUT2D eigenvalue weighted by Gasteiger charge is 2.19. The maximum Gasteiger partial charge on any atom is 0.182 e. The van der Waals surface area contributed by atoms with Crippen molar-refractivity contribution in [2.45, 2.75) is 6.92 Å². The van der Waals surface area contributed by atoms with E-state index >= 15 is 0 Å². The molecule has 1 aromatic carbocycles. The molecule has 0 amide bonds. The Morgan fingerprint density at radius 1 is 1.15 bits per heavy atom. The average Bonchev–Trinajstić information content (AvgIpc) is 2.13. The smallest absolute Gasteiger partial charge is 0.182 e. The third kappa shape index (κ3) is 1.26. The zero-order valence-electron chi connectivity index (χ0n) is 6.70. The lowest BCUT2D eigenvalue weighted by Gasteiger charge is -2.06. The summed E-state index contributed by atoms with van der Waals surface area (Å²) in [4.78, 5) is 10.3. The van der Waals surface area contributed by atoms with Gasteiger partial charge in [0.1, 0.15) is 5.82 Å². The minimum absolute atomic E-state index is 0.0557. The molecule has 0 aromatic heterocycles. The summed E-state index contributed by atoms with van der Waals surface area (Å²) >= 11 is 0. The fourth-order valence-electron chi connectivity index (χ4n) is 0.933. The van der Waals surface area contributed by atoms with E-state index in [1.807, 2.05) is 0 Å². The summed E-state index contributed by atoms with van der Waals surface area (Å²) in [6, 6.07) is 0. The van der Waals surface area contributed by atoms with Crippen molar-refractivity contribution in [1.29, 1.82) is 0 Å². The summed E-state index contributed by atoms with van der Waals surface area (Å²) in [7, 11) is 0. The maximum absolute atomic E-state index is 13.0. The van der Waals surface area contributed by atoms with Crippen molar-refractivity contribution < 1.29 is 18.0 Å². The van der Waals surface area contributed by atoms with E-state index in [0.29, 0.717) is 0 Å². The van der Waals surface area contributed by atoms with Crippen LogP contribution < -0.4 is 5.73 Å². The van der Waals surface area contributed by atoms with Gasteiger partial charge in [-0.1, -0.05) is 0 Å². The van der Waals surface area contributed by atoms with Gasteiger partial charge in [-0.15, -0.1) is 0 Å². The van der Waals surface area contributed by atoms with Crippen LogP contribution in [0.2, 0.25) is 0 Å². The maximum atomic E-state index is 13.0. The van der Waals surface area contributed by atoms with Crippen LogP contribution >= 0.6 is 0 Å². The standard InChI is InChI=1S/C8H6F3NO/c1-3-5(9)4(2-13)8(12)7(11)6(3)10/h2H,12H2,1H3. The van der Waals surface area contributed by atoms with Crippen LogP contribution in [0.15, 0.2) is 0 Å². The monoisotopic (exact) mass is 189 g/mol. The lowest BCUT2D eigenvalue weighted by molar-refractivity contribution is 0.112. The number of anilines is 1. The van der Waals surface area contributed by atoms with Crippen LogP contribution in [0.1, 0.15) is 15.9 Å². The fraction of sp³-hybridized carbons (Fsp3) is 0.125. The van der Waals surface area contributed by atoms with Crippen LogP contribution in [0, 0.1) is 24.4 Å². The number of nitrogens with two attached hydrogens (primary N) is 1. The molecule has 13 heavy (non-hydrogen) atoms. The zero-order chi connectivity index (χ0) is 10.2. The average molecular weight is 189 g/mol. The van der Waals surface area contributed by atoms with Gasteiger partial charge in [0.05, 0.1) is 11.3 Å². The fourth-order valence-corrected chi connectivity index (χ4v) is 0.933. The number of halogens is 3. The Morgan fingerprint density at radius 3 is 2.15 bits per heavy atom. The molecule has 0 radical (unpaired) electrons. The second-order valence-corrected chi connectivity index (χ2v) is 2.51. The first kappa shape index (κ1) is 9.57. The summed E-state index contributed by atoms with van der Waals surface area (Å²) in [5.74, 6) is -3.87. The molecule has 2 nitrogen and oxygen atoms in total. The van der Waals surface area contributed by atoms with Gasteiger partial charge in [-0.05, 0) is 6.92 Å². The molecule has 0 unspecified atom stereocenters. The quantitative estimate of drug-likeness (QED) is 0.416. The third-order valence-corrected chi connectivity index (χ3v) is 1.73. The summed E-state index contributed by atoms with van der Waals surface area (Å²) in [6.45, 7) is 1.03. The van der Waals surface area contributed by atoms with E-state index in [2.05, 4.69) is 0 Å². The number of carbonyl (C=O) groups excluding carboxylic acids is 1. The van der Waals surface area contributed by atoms with Gasteiger partial charge in [-0.2, -0.15) is 0 Å². The molecule has 0 aliphatic heterocycles. The molecule has 0 saturated heterocycles. The van der Waals surface area contributed by atoms with E-state index in [1.165, 1.54) is 0 Å². The van der Waals surface area contributed by atoms with Gasteiger partial charge in [0.15, 0.2) is 17.9 Å². The summed E-state index contributed by atoms with van der Waals surface area (Å²) in [5.41, 5.74) is 2.99. The summed E-state index contributed by atoms with van der Waals surface area (Å²) in [5, 5.41) is 0. The summed E-state index contributed by atoms with van der Waals surface area (Å²) in [6.07, 6.45) is 0.0557. The van der Waals surface area contributed by atoms with E-state index in [0.717, 1.165) is 6.92 Å². The van der Waals surface area contributed by atoms with Crippen LogP contribution in [0.25, 0.3) is 0 Å². The Morgan fingerprint density at radius 2 is 1.69 bits per heavy atom. The van der Waals surface area contributed by atoms with Crippen molar-refractivity contribution in [1.82, 2.24) is 0 Å². The first-order valence-corrected chi connectivity index (χ1v) is 3.38. The zero-order valence-corrected chi connectivity index (χ0v) is 6.70. The van der Waals surface area contributed by atoms with Crippen molar-refractivity contribution in [3.63, 3.8) is 0 Å². The van der Waals surface area contributed by atoms with Gasteiger partial charge in [0.2, 0.25) is 0 Å². The van der Waals surface area contributed by atoms with E-state index < -0.39 is 34.3 Å². The van der Waals surface area contributed by atoms with Crippen LogP contribution in [0.5, 0.6) is 0 Å². The molecule has 0 bridgehead atoms. The third-order valence-electron chi connectivity index (χ3n) is 1.73. The van der Waals surface area contributed by atoms with Crippen LogP contribution in [-0.4, -0.2) is 6.29 Å². The van der Waals surface area contributed by atoms with Gasteiger partial charge in [-0.25, -0.2) is 13.2 Å². The van der Waals surface area contributed by atoms with Gasteiger partial charge in [0, 0.05) is 5.56 Å². The van der Waals surface area contributed by atoms with Crippen molar-refractivity contribution in [2.75, 3.05) is 5.73 Å². The highest BCUT2D eigenvalue weighted by atomic mass is 19.2. The predicted molar refractivity (Wildman–Crippen MR) is 40.9 cm³/mol. The Labute approximate surface area is 72.2 Å². The topological polar surface area (TPSA) is 43.1 Å². The van der Waals surface area contributed by atoms with Gasteiger partial charge >= 0.3 is 0 Å². The number of hydrogen-bond acceptors (Lipinski definition) is 2. The van der Waals surface area contributed by atoms with E-state index in [9.17, 15) is 18.0 Å². The molecule has 1 aromatic rings. The highest BCUT2D eigenvalue weighted by Crippen LogP contribution is 2.24. The lowest BCUT2D eigenvalue weighted by atomic mass is 10.1. The Bertz CT molecular complexity index is 347. The number of carbonyl (C=O) groups is 1. The molecule has 0 aliphatic rings. The number of hydrogen-bond donors (Lipinski definition) is 1. The molecule has 70 valence electrons.